The molecule has 0 bridgehead atoms. The molecule has 0 amide bonds. The van der Waals surface area contributed by atoms with Crippen LogP contribution in [0.5, 0.6) is 5.75 Å². The predicted octanol–water partition coefficient (Wildman–Crippen LogP) is 2.71. The van der Waals surface area contributed by atoms with Crippen molar-refractivity contribution in [1.29, 1.82) is 0 Å². The van der Waals surface area contributed by atoms with E-state index in [0.29, 0.717) is 5.75 Å². The van der Waals surface area contributed by atoms with Gasteiger partial charge in [0.1, 0.15) is 12.4 Å². The molecule has 0 heterocycles. The molecule has 0 radical (unpaired) electrons. The van der Waals surface area contributed by atoms with Crippen LogP contribution in [0, 0.1) is 0 Å². The molecule has 0 aliphatic rings. The van der Waals surface area contributed by atoms with Gasteiger partial charge in [0.2, 0.25) is 0 Å². The van der Waals surface area contributed by atoms with E-state index < -0.39 is 5.97 Å². The smallest absolute Gasteiger partial charge is 0.370 e. The fourth-order valence-electron chi connectivity index (χ4n) is 1.11. The minimum atomic E-state index is -1.17. The zero-order valence-corrected chi connectivity index (χ0v) is 9.55. The summed E-state index contributed by atoms with van der Waals surface area (Å²) in [5.74, 6) is -0.827. The number of hydrogen-bond donors (Lipinski definition) is 1. The van der Waals surface area contributed by atoms with Crippen LogP contribution in [0.1, 0.15) is 12.5 Å². The number of hydrogen-bond acceptors (Lipinski definition) is 3. The molecular weight excluding hydrogens is 220 g/mol. The highest BCUT2D eigenvalue weighted by Crippen LogP contribution is 2.19. The Morgan fingerprint density at radius 2 is 2.18 bits per heavy atom. The Hall–Kier alpha value is -2.23. The first-order valence-electron chi connectivity index (χ1n) is 5.06. The highest BCUT2D eigenvalue weighted by Gasteiger charge is 2.07. The van der Waals surface area contributed by atoms with Gasteiger partial charge in [0, 0.05) is 5.56 Å². The molecule has 4 nitrogen and oxygen atoms in total. The molecule has 1 aromatic carbocycles. The van der Waals surface area contributed by atoms with E-state index in [-0.39, 0.29) is 12.4 Å². The lowest BCUT2D eigenvalue weighted by molar-refractivity contribution is -0.136. The lowest BCUT2D eigenvalue weighted by atomic mass is 10.2. The third-order valence-corrected chi connectivity index (χ3v) is 1.94. The van der Waals surface area contributed by atoms with Crippen LogP contribution in [0.4, 0.5) is 0 Å². The van der Waals surface area contributed by atoms with Crippen molar-refractivity contribution in [3.8, 4) is 5.75 Å². The molecule has 0 saturated carbocycles. The van der Waals surface area contributed by atoms with E-state index in [0.717, 1.165) is 5.56 Å². The molecule has 0 saturated heterocycles. The van der Waals surface area contributed by atoms with Crippen LogP contribution in [-0.4, -0.2) is 11.1 Å². The van der Waals surface area contributed by atoms with E-state index in [9.17, 15) is 4.79 Å². The van der Waals surface area contributed by atoms with Crippen LogP contribution in [0.2, 0.25) is 0 Å². The van der Waals surface area contributed by atoms with Gasteiger partial charge in [-0.2, -0.15) is 0 Å². The van der Waals surface area contributed by atoms with Crippen molar-refractivity contribution in [2.45, 2.75) is 13.5 Å². The summed E-state index contributed by atoms with van der Waals surface area (Å²) < 4.78 is 10.4. The van der Waals surface area contributed by atoms with Crippen molar-refractivity contribution in [3.05, 3.63) is 54.5 Å². The summed E-state index contributed by atoms with van der Waals surface area (Å²) in [4.78, 5) is 10.5. The van der Waals surface area contributed by atoms with Crippen LogP contribution in [0.3, 0.4) is 0 Å². The average molecular weight is 234 g/mol. The molecule has 1 N–H and O–H groups in total. The maximum absolute atomic E-state index is 10.5. The van der Waals surface area contributed by atoms with Gasteiger partial charge in [-0.1, -0.05) is 24.3 Å². The highest BCUT2D eigenvalue weighted by atomic mass is 16.5. The Morgan fingerprint density at radius 3 is 2.82 bits per heavy atom. The lowest BCUT2D eigenvalue weighted by Gasteiger charge is -2.09. The van der Waals surface area contributed by atoms with E-state index in [4.69, 9.17) is 14.6 Å². The first kappa shape index (κ1) is 12.8. The predicted molar refractivity (Wildman–Crippen MR) is 63.4 cm³/mol. The largest absolute Gasteiger partial charge is 0.482 e. The lowest BCUT2D eigenvalue weighted by Crippen LogP contribution is -2.04. The monoisotopic (exact) mass is 234 g/mol. The van der Waals surface area contributed by atoms with Crippen molar-refractivity contribution in [1.82, 2.24) is 0 Å². The summed E-state index contributed by atoms with van der Waals surface area (Å²) in [5.41, 5.74) is 0.757. The fraction of sp³-hybridized carbons (Fsp3) is 0.154. The maximum atomic E-state index is 10.5. The van der Waals surface area contributed by atoms with Gasteiger partial charge in [0.15, 0.2) is 5.76 Å². The molecule has 0 fully saturated rings. The third kappa shape index (κ3) is 4.03. The number of allylic oxidation sites excluding steroid dienone is 1. The Labute approximate surface area is 99.8 Å². The Morgan fingerprint density at radius 1 is 1.47 bits per heavy atom. The first-order chi connectivity index (χ1) is 8.15. The zero-order valence-electron chi connectivity index (χ0n) is 9.55. The van der Waals surface area contributed by atoms with Gasteiger partial charge in [-0.25, -0.2) is 4.79 Å². The third-order valence-electron chi connectivity index (χ3n) is 1.94. The van der Waals surface area contributed by atoms with Crippen molar-refractivity contribution >= 4 is 5.97 Å². The van der Waals surface area contributed by atoms with Crippen molar-refractivity contribution in [2.24, 2.45) is 0 Å². The van der Waals surface area contributed by atoms with Crippen molar-refractivity contribution in [3.63, 3.8) is 0 Å². The van der Waals surface area contributed by atoms with Crippen LogP contribution in [0.25, 0.3) is 0 Å². The summed E-state index contributed by atoms with van der Waals surface area (Å²) in [7, 11) is 0. The topological polar surface area (TPSA) is 55.8 Å². The number of para-hydroxylation sites is 1. The Kier molecular flexibility index (Phi) is 4.81. The van der Waals surface area contributed by atoms with E-state index >= 15 is 0 Å². The maximum Gasteiger partial charge on any atom is 0.370 e. The minimum absolute atomic E-state index is 0.110. The van der Waals surface area contributed by atoms with Gasteiger partial charge in [0.25, 0.3) is 0 Å². The second kappa shape index (κ2) is 6.37. The Balaban J connectivity index is 2.69. The molecule has 0 spiro atoms. The molecule has 1 rings (SSSR count). The molecule has 0 aliphatic heterocycles. The van der Waals surface area contributed by atoms with Gasteiger partial charge in [0.05, 0.1) is 6.26 Å². The minimum Gasteiger partial charge on any atom is -0.482 e. The summed E-state index contributed by atoms with van der Waals surface area (Å²) in [6.45, 7) is 5.23. The SMILES string of the molecule is C=C(OCc1ccccc1OC=CC)C(=O)O. The van der Waals surface area contributed by atoms with Gasteiger partial charge >= 0.3 is 5.97 Å². The quantitative estimate of drug-likeness (QED) is 0.607. The number of carboxylic acid groups (broad SMARTS) is 1. The van der Waals surface area contributed by atoms with Gasteiger partial charge in [-0.15, -0.1) is 0 Å². The van der Waals surface area contributed by atoms with E-state index in [1.807, 2.05) is 19.1 Å². The van der Waals surface area contributed by atoms with E-state index in [1.165, 1.54) is 0 Å². The normalized spacial score (nSPS) is 10.2. The molecule has 0 atom stereocenters. The van der Waals surface area contributed by atoms with Gasteiger partial charge in [-0.3, -0.25) is 0 Å². The standard InChI is InChI=1S/C13H14O4/c1-3-8-16-12-7-5-4-6-11(12)9-17-10(2)13(14)15/h3-8H,2,9H2,1H3,(H,14,15). The Bertz CT molecular complexity index is 435. The molecule has 17 heavy (non-hydrogen) atoms. The van der Waals surface area contributed by atoms with Crippen molar-refractivity contribution in [2.75, 3.05) is 0 Å². The van der Waals surface area contributed by atoms with Gasteiger partial charge in [-0.05, 0) is 19.6 Å². The molecule has 90 valence electrons. The molecule has 4 heteroatoms. The molecule has 0 aromatic heterocycles. The van der Waals surface area contributed by atoms with Crippen LogP contribution >= 0.6 is 0 Å². The highest BCUT2D eigenvalue weighted by molar-refractivity contribution is 5.83. The van der Waals surface area contributed by atoms with Crippen LogP contribution in [-0.2, 0) is 16.1 Å². The molecule has 1 aromatic rings. The summed E-state index contributed by atoms with van der Waals surface area (Å²) in [6.07, 6.45) is 3.30. The number of benzene rings is 1. The van der Waals surface area contributed by atoms with E-state index in [1.54, 1.807) is 24.5 Å². The summed E-state index contributed by atoms with van der Waals surface area (Å²) in [6, 6.07) is 7.23. The summed E-state index contributed by atoms with van der Waals surface area (Å²) in [5, 5.41) is 8.60. The second-order valence-corrected chi connectivity index (χ2v) is 3.21. The van der Waals surface area contributed by atoms with Gasteiger partial charge < -0.3 is 14.6 Å². The average Bonchev–Trinajstić information content (AvgIpc) is 2.34. The number of ether oxygens (including phenoxy) is 2. The number of rotatable bonds is 6. The molecule has 0 aliphatic carbocycles. The molecule has 0 unspecified atom stereocenters. The van der Waals surface area contributed by atoms with Crippen molar-refractivity contribution < 1.29 is 19.4 Å². The fourth-order valence-corrected chi connectivity index (χ4v) is 1.11. The number of carbonyl (C=O) groups is 1. The zero-order chi connectivity index (χ0) is 12.7. The number of aliphatic carboxylic acids is 1. The van der Waals surface area contributed by atoms with Crippen LogP contribution < -0.4 is 4.74 Å². The first-order valence-corrected chi connectivity index (χ1v) is 5.06. The second-order valence-electron chi connectivity index (χ2n) is 3.21. The van der Waals surface area contributed by atoms with Crippen LogP contribution in [0.15, 0.2) is 48.9 Å². The van der Waals surface area contributed by atoms with E-state index in [2.05, 4.69) is 6.58 Å². The summed E-state index contributed by atoms with van der Waals surface area (Å²) >= 11 is 0. The molecular formula is C13H14O4. The number of carboxylic acids is 1.